The van der Waals surface area contributed by atoms with Crippen LogP contribution in [-0.4, -0.2) is 59.8 Å². The number of piperazine rings is 1. The number of fused-ring (bicyclic) bond motifs is 1. The second-order valence-corrected chi connectivity index (χ2v) is 10.5. The first-order valence-electron chi connectivity index (χ1n) is 13.9. The second-order valence-electron chi connectivity index (χ2n) is 10.5. The Morgan fingerprint density at radius 3 is 1.89 bits per heavy atom. The molecular weight excluding hydrogens is 610 g/mol. The maximum atomic E-state index is 12.6. The molecule has 0 atom stereocenters. The van der Waals surface area contributed by atoms with Gasteiger partial charge in [0.25, 0.3) is 0 Å². The SMILES string of the molecule is Cl.NCCCn1cc(-c2ccc(OC(F)(F)F)cc2)c2cc(CN3CCN(Cc4cccc(OC(F)(F)F)c4)CC3)ccc21. The van der Waals surface area contributed by atoms with Gasteiger partial charge in [0.2, 0.25) is 0 Å². The molecule has 0 amide bonds. The number of hydrogen-bond donors (Lipinski definition) is 1. The van der Waals surface area contributed by atoms with Gasteiger partial charge in [-0.15, -0.1) is 38.7 Å². The van der Waals surface area contributed by atoms with Crippen molar-refractivity contribution >= 4 is 23.3 Å². The molecule has 5 rings (SSSR count). The molecule has 0 spiro atoms. The van der Waals surface area contributed by atoms with E-state index in [9.17, 15) is 26.3 Å². The topological polar surface area (TPSA) is 55.9 Å². The van der Waals surface area contributed by atoms with Crippen LogP contribution in [0.4, 0.5) is 26.3 Å². The van der Waals surface area contributed by atoms with Crippen LogP contribution in [0.3, 0.4) is 0 Å². The highest BCUT2D eigenvalue weighted by molar-refractivity contribution is 5.96. The van der Waals surface area contributed by atoms with Gasteiger partial charge in [-0.3, -0.25) is 9.80 Å². The van der Waals surface area contributed by atoms with E-state index in [4.69, 9.17) is 5.73 Å². The molecule has 1 aliphatic heterocycles. The third kappa shape index (κ3) is 9.04. The van der Waals surface area contributed by atoms with E-state index in [-0.39, 0.29) is 23.9 Å². The molecule has 13 heteroatoms. The Labute approximate surface area is 257 Å². The van der Waals surface area contributed by atoms with Crippen LogP contribution >= 0.6 is 12.4 Å². The normalized spacial score (nSPS) is 14.9. The minimum absolute atomic E-state index is 0. The van der Waals surface area contributed by atoms with Crippen LogP contribution in [0.25, 0.3) is 22.0 Å². The molecule has 6 nitrogen and oxygen atoms in total. The fourth-order valence-corrected chi connectivity index (χ4v) is 5.42. The molecule has 2 heterocycles. The number of aromatic nitrogens is 1. The summed E-state index contributed by atoms with van der Waals surface area (Å²) in [5.74, 6) is -0.494. The molecule has 0 radical (unpaired) electrons. The van der Waals surface area contributed by atoms with E-state index in [0.717, 1.165) is 72.3 Å². The first-order valence-corrected chi connectivity index (χ1v) is 13.9. The summed E-state index contributed by atoms with van der Waals surface area (Å²) in [4.78, 5) is 4.53. The number of rotatable bonds is 10. The highest BCUT2D eigenvalue weighted by Gasteiger charge is 2.32. The summed E-state index contributed by atoms with van der Waals surface area (Å²) in [5.41, 5.74) is 10.3. The van der Waals surface area contributed by atoms with E-state index >= 15 is 0 Å². The summed E-state index contributed by atoms with van der Waals surface area (Å²) in [5, 5.41) is 0.999. The number of benzene rings is 3. The van der Waals surface area contributed by atoms with Crippen LogP contribution in [-0.2, 0) is 19.6 Å². The van der Waals surface area contributed by atoms with E-state index in [1.165, 1.54) is 24.3 Å². The van der Waals surface area contributed by atoms with Crippen molar-refractivity contribution in [3.05, 3.63) is 84.1 Å². The molecule has 0 unspecified atom stereocenters. The lowest BCUT2D eigenvalue weighted by atomic mass is 10.0. The minimum Gasteiger partial charge on any atom is -0.406 e. The highest BCUT2D eigenvalue weighted by atomic mass is 35.5. The van der Waals surface area contributed by atoms with Crippen LogP contribution < -0.4 is 15.2 Å². The third-order valence-electron chi connectivity index (χ3n) is 7.36. The standard InChI is InChI=1S/C31H32F6N4O2.ClH/c32-30(33,34)42-25-8-6-24(7-9-25)28-21-41(12-2-11-38)29-10-5-23(18-27(28)29)20-40-15-13-39(14-16-40)19-22-3-1-4-26(17-22)43-31(35,36)37;/h1,3-10,17-18,21H,2,11-16,19-20,38H2;1H. The lowest BCUT2D eigenvalue weighted by Crippen LogP contribution is -2.45. The van der Waals surface area contributed by atoms with E-state index in [2.05, 4.69) is 42.0 Å². The highest BCUT2D eigenvalue weighted by Crippen LogP contribution is 2.34. The van der Waals surface area contributed by atoms with Crippen LogP contribution in [0.2, 0.25) is 0 Å². The molecule has 238 valence electrons. The van der Waals surface area contributed by atoms with Crippen LogP contribution in [0.15, 0.2) is 72.9 Å². The predicted octanol–water partition coefficient (Wildman–Crippen LogP) is 7.19. The molecule has 0 bridgehead atoms. The Hall–Kier alpha value is -3.45. The van der Waals surface area contributed by atoms with Crippen LogP contribution in [0.1, 0.15) is 17.5 Å². The fraction of sp³-hybridized carbons (Fsp3) is 0.355. The van der Waals surface area contributed by atoms with Crippen molar-refractivity contribution in [2.24, 2.45) is 5.73 Å². The molecular formula is C31H33ClF6N4O2. The van der Waals surface area contributed by atoms with E-state index in [0.29, 0.717) is 19.6 Å². The number of alkyl halides is 6. The van der Waals surface area contributed by atoms with Crippen molar-refractivity contribution in [2.45, 2.75) is 38.8 Å². The zero-order chi connectivity index (χ0) is 30.6. The molecule has 0 saturated carbocycles. The van der Waals surface area contributed by atoms with Crippen molar-refractivity contribution in [1.29, 1.82) is 0 Å². The Morgan fingerprint density at radius 2 is 1.30 bits per heavy atom. The van der Waals surface area contributed by atoms with Gasteiger partial charge in [-0.1, -0.05) is 30.3 Å². The van der Waals surface area contributed by atoms with Gasteiger partial charge in [0.15, 0.2) is 0 Å². The summed E-state index contributed by atoms with van der Waals surface area (Å²) in [6, 6.07) is 18.2. The average molecular weight is 643 g/mol. The van der Waals surface area contributed by atoms with E-state index in [1.54, 1.807) is 24.3 Å². The molecule has 1 saturated heterocycles. The summed E-state index contributed by atoms with van der Waals surface area (Å²) in [7, 11) is 0. The molecule has 4 aromatic rings. The summed E-state index contributed by atoms with van der Waals surface area (Å²) < 4.78 is 85.8. The van der Waals surface area contributed by atoms with Gasteiger partial charge in [0.1, 0.15) is 11.5 Å². The van der Waals surface area contributed by atoms with Crippen molar-refractivity contribution in [1.82, 2.24) is 14.4 Å². The third-order valence-corrected chi connectivity index (χ3v) is 7.36. The largest absolute Gasteiger partial charge is 0.573 e. The zero-order valence-corrected chi connectivity index (χ0v) is 24.5. The Bertz CT molecular complexity index is 1520. The number of halogens is 7. The van der Waals surface area contributed by atoms with Crippen molar-refractivity contribution in [2.75, 3.05) is 32.7 Å². The van der Waals surface area contributed by atoms with E-state index < -0.39 is 12.7 Å². The number of nitrogens with two attached hydrogens (primary N) is 1. The van der Waals surface area contributed by atoms with Crippen molar-refractivity contribution < 1.29 is 35.8 Å². The number of ether oxygens (including phenoxy) is 2. The molecule has 1 fully saturated rings. The lowest BCUT2D eigenvalue weighted by Gasteiger charge is -2.34. The maximum absolute atomic E-state index is 12.6. The van der Waals surface area contributed by atoms with Crippen molar-refractivity contribution in [3.63, 3.8) is 0 Å². The van der Waals surface area contributed by atoms with Gasteiger partial charge in [-0.2, -0.15) is 0 Å². The van der Waals surface area contributed by atoms with Crippen LogP contribution in [0.5, 0.6) is 11.5 Å². The molecule has 1 aliphatic rings. The monoisotopic (exact) mass is 642 g/mol. The van der Waals surface area contributed by atoms with Gasteiger partial charge >= 0.3 is 12.7 Å². The maximum Gasteiger partial charge on any atom is 0.573 e. The first kappa shape index (κ1) is 33.4. The number of nitrogens with zero attached hydrogens (tertiary/aromatic N) is 3. The Balaban J connectivity index is 0.00000442. The Morgan fingerprint density at radius 1 is 0.705 bits per heavy atom. The molecule has 3 aromatic carbocycles. The van der Waals surface area contributed by atoms with Gasteiger partial charge in [0, 0.05) is 68.5 Å². The second kappa shape index (κ2) is 14.1. The summed E-state index contributed by atoms with van der Waals surface area (Å²) in [6.45, 7) is 5.61. The molecule has 0 aliphatic carbocycles. The minimum atomic E-state index is -4.75. The average Bonchev–Trinajstić information content (AvgIpc) is 3.29. The Kier molecular flexibility index (Phi) is 10.7. The first-order chi connectivity index (χ1) is 20.5. The summed E-state index contributed by atoms with van der Waals surface area (Å²) in [6.07, 6.45) is -6.68. The van der Waals surface area contributed by atoms with Gasteiger partial charge in [-0.25, -0.2) is 0 Å². The van der Waals surface area contributed by atoms with Crippen LogP contribution in [0, 0.1) is 0 Å². The predicted molar refractivity (Wildman–Crippen MR) is 159 cm³/mol. The number of aryl methyl sites for hydroxylation is 1. The lowest BCUT2D eigenvalue weighted by molar-refractivity contribution is -0.275. The molecule has 2 N–H and O–H groups in total. The molecule has 44 heavy (non-hydrogen) atoms. The van der Waals surface area contributed by atoms with E-state index in [1.807, 2.05) is 6.20 Å². The van der Waals surface area contributed by atoms with Gasteiger partial charge in [-0.05, 0) is 66.1 Å². The number of hydrogen-bond acceptors (Lipinski definition) is 5. The van der Waals surface area contributed by atoms with Gasteiger partial charge < -0.3 is 19.8 Å². The fourth-order valence-electron chi connectivity index (χ4n) is 5.42. The summed E-state index contributed by atoms with van der Waals surface area (Å²) >= 11 is 0. The molecule has 1 aromatic heterocycles. The quantitative estimate of drug-likeness (QED) is 0.186. The van der Waals surface area contributed by atoms with Crippen molar-refractivity contribution in [3.8, 4) is 22.6 Å². The zero-order valence-electron chi connectivity index (χ0n) is 23.7. The van der Waals surface area contributed by atoms with Gasteiger partial charge in [0.05, 0.1) is 0 Å². The smallest absolute Gasteiger partial charge is 0.406 e.